The molecule has 0 aromatic carbocycles. The van der Waals surface area contributed by atoms with E-state index < -0.39 is 0 Å². The molecule has 0 bridgehead atoms. The lowest BCUT2D eigenvalue weighted by Gasteiger charge is -2.27. The standard InChI is InChI=1S/C17H17BrN2O2S/c18-13-10-23-15-7-14(17(21)19-8-12-5-2-6-22-12)20(16(13)15)9-11-3-1-4-11/h2,5-7,10-11H,1,3-4,8-9H2,(H,19,21). The van der Waals surface area contributed by atoms with Gasteiger partial charge in [0.05, 0.1) is 27.5 Å². The number of thiophene rings is 1. The lowest BCUT2D eigenvalue weighted by atomic mass is 9.85. The molecule has 3 heterocycles. The lowest BCUT2D eigenvalue weighted by molar-refractivity contribution is 0.0936. The molecule has 0 unspecified atom stereocenters. The normalized spacial score (nSPS) is 15.0. The fraction of sp³-hybridized carbons (Fsp3) is 0.353. The van der Waals surface area contributed by atoms with E-state index in [4.69, 9.17) is 4.42 Å². The van der Waals surface area contributed by atoms with Gasteiger partial charge in [-0.2, -0.15) is 0 Å². The van der Waals surface area contributed by atoms with Crippen molar-refractivity contribution in [3.8, 4) is 0 Å². The Bertz CT molecular complexity index is 830. The van der Waals surface area contributed by atoms with Crippen molar-refractivity contribution in [2.75, 3.05) is 0 Å². The number of hydrogen-bond donors (Lipinski definition) is 1. The Kier molecular flexibility index (Phi) is 4.03. The topological polar surface area (TPSA) is 47.2 Å². The molecule has 0 radical (unpaired) electrons. The Morgan fingerprint density at radius 2 is 2.35 bits per heavy atom. The third-order valence-electron chi connectivity index (χ3n) is 4.48. The fourth-order valence-corrected chi connectivity index (χ4v) is 4.71. The van der Waals surface area contributed by atoms with E-state index in [9.17, 15) is 4.79 Å². The van der Waals surface area contributed by atoms with E-state index in [-0.39, 0.29) is 5.91 Å². The average Bonchev–Trinajstić information content (AvgIpc) is 3.19. The molecule has 6 heteroatoms. The summed E-state index contributed by atoms with van der Waals surface area (Å²) in [5.74, 6) is 1.41. The zero-order valence-corrected chi connectivity index (χ0v) is 15.0. The third kappa shape index (κ3) is 2.85. The summed E-state index contributed by atoms with van der Waals surface area (Å²) in [6, 6.07) is 5.69. The summed E-state index contributed by atoms with van der Waals surface area (Å²) >= 11 is 5.29. The molecule has 1 N–H and O–H groups in total. The van der Waals surface area contributed by atoms with Crippen molar-refractivity contribution in [3.63, 3.8) is 0 Å². The van der Waals surface area contributed by atoms with Crippen LogP contribution in [0.4, 0.5) is 0 Å². The van der Waals surface area contributed by atoms with Crippen molar-refractivity contribution >= 4 is 43.4 Å². The Morgan fingerprint density at radius 3 is 3.04 bits per heavy atom. The van der Waals surface area contributed by atoms with E-state index in [2.05, 4.69) is 31.2 Å². The minimum Gasteiger partial charge on any atom is -0.467 e. The van der Waals surface area contributed by atoms with Crippen LogP contribution in [0.2, 0.25) is 0 Å². The molecule has 0 spiro atoms. The highest BCUT2D eigenvalue weighted by Crippen LogP contribution is 2.36. The van der Waals surface area contributed by atoms with E-state index >= 15 is 0 Å². The number of fused-ring (bicyclic) bond motifs is 1. The highest BCUT2D eigenvalue weighted by Gasteiger charge is 2.24. The molecule has 4 rings (SSSR count). The molecule has 120 valence electrons. The molecular formula is C17H17BrN2O2S. The summed E-state index contributed by atoms with van der Waals surface area (Å²) in [4.78, 5) is 12.6. The number of carbonyl (C=O) groups excluding carboxylic acids is 1. The van der Waals surface area contributed by atoms with Gasteiger partial charge in [0.15, 0.2) is 0 Å². The zero-order valence-electron chi connectivity index (χ0n) is 12.5. The average molecular weight is 393 g/mol. The number of nitrogens with one attached hydrogen (secondary N) is 1. The van der Waals surface area contributed by atoms with Crippen molar-refractivity contribution in [1.29, 1.82) is 0 Å². The van der Waals surface area contributed by atoms with Crippen LogP contribution in [0.3, 0.4) is 0 Å². The zero-order chi connectivity index (χ0) is 15.8. The second-order valence-electron chi connectivity index (χ2n) is 6.00. The molecule has 0 aliphatic heterocycles. The lowest BCUT2D eigenvalue weighted by Crippen LogP contribution is -2.27. The minimum atomic E-state index is -0.0453. The number of hydrogen-bond acceptors (Lipinski definition) is 3. The maximum atomic E-state index is 12.6. The van der Waals surface area contributed by atoms with Crippen molar-refractivity contribution in [1.82, 2.24) is 9.88 Å². The van der Waals surface area contributed by atoms with Crippen LogP contribution in [-0.4, -0.2) is 10.5 Å². The van der Waals surface area contributed by atoms with E-state index in [1.165, 1.54) is 19.3 Å². The van der Waals surface area contributed by atoms with Crippen molar-refractivity contribution < 1.29 is 9.21 Å². The highest BCUT2D eigenvalue weighted by molar-refractivity contribution is 9.10. The monoisotopic (exact) mass is 392 g/mol. The van der Waals surface area contributed by atoms with Gasteiger partial charge < -0.3 is 14.3 Å². The summed E-state index contributed by atoms with van der Waals surface area (Å²) in [5.41, 5.74) is 1.89. The molecule has 23 heavy (non-hydrogen) atoms. The van der Waals surface area contributed by atoms with Gasteiger partial charge in [-0.25, -0.2) is 0 Å². The number of carbonyl (C=O) groups is 1. The Morgan fingerprint density at radius 1 is 1.48 bits per heavy atom. The summed E-state index contributed by atoms with van der Waals surface area (Å²) in [6.07, 6.45) is 5.44. The van der Waals surface area contributed by atoms with Gasteiger partial charge in [0, 0.05) is 11.9 Å². The number of halogens is 1. The molecule has 1 fully saturated rings. The van der Waals surface area contributed by atoms with Crippen molar-refractivity contribution in [2.24, 2.45) is 5.92 Å². The Hall–Kier alpha value is -1.53. The molecule has 3 aromatic heterocycles. The summed E-state index contributed by atoms with van der Waals surface area (Å²) in [7, 11) is 0. The first-order valence-corrected chi connectivity index (χ1v) is 9.46. The van der Waals surface area contributed by atoms with Gasteiger partial charge in [0.1, 0.15) is 11.5 Å². The van der Waals surface area contributed by atoms with E-state index in [0.717, 1.165) is 32.7 Å². The Balaban J connectivity index is 1.61. The molecule has 0 atom stereocenters. The van der Waals surface area contributed by atoms with Gasteiger partial charge >= 0.3 is 0 Å². The molecule has 1 saturated carbocycles. The predicted molar refractivity (Wildman–Crippen MR) is 94.7 cm³/mol. The van der Waals surface area contributed by atoms with Crippen molar-refractivity contribution in [3.05, 3.63) is 45.8 Å². The second-order valence-corrected chi connectivity index (χ2v) is 7.76. The number of amides is 1. The van der Waals surface area contributed by atoms with E-state index in [0.29, 0.717) is 12.5 Å². The molecule has 0 saturated heterocycles. The summed E-state index contributed by atoms with van der Waals surface area (Å²) in [5, 5.41) is 5.05. The quantitative estimate of drug-likeness (QED) is 0.678. The smallest absolute Gasteiger partial charge is 0.268 e. The third-order valence-corrected chi connectivity index (χ3v) is 6.31. The first-order valence-electron chi connectivity index (χ1n) is 7.79. The first-order chi connectivity index (χ1) is 11.2. The predicted octanol–water partition coefficient (Wildman–Crippen LogP) is 4.79. The molecule has 4 nitrogen and oxygen atoms in total. The molecule has 1 aliphatic carbocycles. The molecular weight excluding hydrogens is 376 g/mol. The molecule has 1 amide bonds. The van der Waals surface area contributed by atoms with Gasteiger partial charge in [0.25, 0.3) is 5.91 Å². The van der Waals surface area contributed by atoms with Gasteiger partial charge in [-0.05, 0) is 52.9 Å². The van der Waals surface area contributed by atoms with Crippen LogP contribution < -0.4 is 5.32 Å². The Labute approximate surface area is 146 Å². The number of furan rings is 1. The SMILES string of the molecule is O=C(NCc1ccco1)c1cc2scc(Br)c2n1CC1CCC1. The summed E-state index contributed by atoms with van der Waals surface area (Å²) < 4.78 is 9.68. The minimum absolute atomic E-state index is 0.0453. The van der Waals surface area contributed by atoms with E-state index in [1.807, 2.05) is 18.2 Å². The highest BCUT2D eigenvalue weighted by atomic mass is 79.9. The molecule has 1 aliphatic rings. The van der Waals surface area contributed by atoms with Crippen LogP contribution >= 0.6 is 27.3 Å². The van der Waals surface area contributed by atoms with Crippen LogP contribution in [0.15, 0.2) is 38.7 Å². The van der Waals surface area contributed by atoms with Crippen LogP contribution in [0.5, 0.6) is 0 Å². The van der Waals surface area contributed by atoms with Crippen LogP contribution in [0, 0.1) is 5.92 Å². The van der Waals surface area contributed by atoms with Crippen LogP contribution in [0.25, 0.3) is 10.2 Å². The van der Waals surface area contributed by atoms with E-state index in [1.54, 1.807) is 17.6 Å². The first kappa shape index (κ1) is 15.0. The fourth-order valence-electron chi connectivity index (χ4n) is 3.01. The number of rotatable bonds is 5. The maximum absolute atomic E-state index is 12.6. The summed E-state index contributed by atoms with van der Waals surface area (Å²) in [6.45, 7) is 1.33. The second kappa shape index (κ2) is 6.17. The molecule has 3 aromatic rings. The van der Waals surface area contributed by atoms with Crippen LogP contribution in [0.1, 0.15) is 35.5 Å². The van der Waals surface area contributed by atoms with Gasteiger partial charge in [0.2, 0.25) is 0 Å². The largest absolute Gasteiger partial charge is 0.467 e. The van der Waals surface area contributed by atoms with Gasteiger partial charge in [-0.3, -0.25) is 4.79 Å². The van der Waals surface area contributed by atoms with Gasteiger partial charge in [-0.1, -0.05) is 6.42 Å². The number of aromatic nitrogens is 1. The van der Waals surface area contributed by atoms with Crippen LogP contribution in [-0.2, 0) is 13.1 Å². The maximum Gasteiger partial charge on any atom is 0.268 e. The van der Waals surface area contributed by atoms with Crippen molar-refractivity contribution in [2.45, 2.75) is 32.4 Å². The van der Waals surface area contributed by atoms with Gasteiger partial charge in [-0.15, -0.1) is 11.3 Å². The number of nitrogens with zero attached hydrogens (tertiary/aromatic N) is 1.